The van der Waals surface area contributed by atoms with Gasteiger partial charge in [0, 0.05) is 41.0 Å². The van der Waals surface area contributed by atoms with Crippen molar-refractivity contribution in [1.82, 2.24) is 4.90 Å². The van der Waals surface area contributed by atoms with E-state index in [0.29, 0.717) is 25.3 Å². The fraction of sp³-hybridized carbons (Fsp3) is 0.462. The quantitative estimate of drug-likeness (QED) is 0.655. The van der Waals surface area contributed by atoms with Gasteiger partial charge in [0.1, 0.15) is 5.75 Å². The van der Waals surface area contributed by atoms with Crippen molar-refractivity contribution >= 4 is 22.4 Å². The third-order valence-corrected chi connectivity index (χ3v) is 5.24. The topological polar surface area (TPSA) is 101 Å². The van der Waals surface area contributed by atoms with Gasteiger partial charge in [0.05, 0.1) is 16.6 Å². The third-order valence-electron chi connectivity index (χ3n) is 3.53. The number of aromatic hydroxyl groups is 1. The Bertz CT molecular complexity index is 604. The highest BCUT2D eigenvalue weighted by atomic mass is 32.2. The summed E-state index contributed by atoms with van der Waals surface area (Å²) in [7, 11) is -0.957. The number of non-ortho nitro benzene ring substituents is 1. The molecule has 21 heavy (non-hydrogen) atoms. The van der Waals surface area contributed by atoms with Gasteiger partial charge in [0.15, 0.2) is 0 Å². The Morgan fingerprint density at radius 3 is 2.81 bits per heavy atom. The Balaban J connectivity index is 2.20. The Morgan fingerprint density at radius 1 is 1.48 bits per heavy atom. The number of amides is 1. The van der Waals surface area contributed by atoms with E-state index in [4.69, 9.17) is 0 Å². The van der Waals surface area contributed by atoms with Crippen LogP contribution >= 0.6 is 0 Å². The van der Waals surface area contributed by atoms with Crippen molar-refractivity contribution in [3.05, 3.63) is 33.9 Å². The van der Waals surface area contributed by atoms with Gasteiger partial charge in [-0.05, 0) is 12.5 Å². The van der Waals surface area contributed by atoms with Gasteiger partial charge in [0.25, 0.3) is 11.6 Å². The second-order valence-corrected chi connectivity index (χ2v) is 6.91. The zero-order valence-corrected chi connectivity index (χ0v) is 12.3. The summed E-state index contributed by atoms with van der Waals surface area (Å²) < 4.78 is 11.8. The van der Waals surface area contributed by atoms with Crippen LogP contribution in [0.5, 0.6) is 5.75 Å². The number of carbonyl (C=O) groups is 1. The van der Waals surface area contributed by atoms with Crippen LogP contribution in [-0.2, 0) is 10.8 Å². The minimum Gasteiger partial charge on any atom is -0.507 e. The van der Waals surface area contributed by atoms with Crippen molar-refractivity contribution in [2.75, 3.05) is 18.8 Å². The molecule has 1 N–H and O–H groups in total. The molecule has 1 aliphatic heterocycles. The summed E-state index contributed by atoms with van der Waals surface area (Å²) >= 11 is 0. The highest BCUT2D eigenvalue weighted by molar-refractivity contribution is 7.85. The van der Waals surface area contributed by atoms with E-state index in [1.165, 1.54) is 17.0 Å². The monoisotopic (exact) mass is 312 g/mol. The first-order valence-corrected chi connectivity index (χ1v) is 7.92. The van der Waals surface area contributed by atoms with E-state index in [1.54, 1.807) is 0 Å². The summed E-state index contributed by atoms with van der Waals surface area (Å²) in [4.78, 5) is 23.9. The lowest BCUT2D eigenvalue weighted by molar-refractivity contribution is -0.384. The molecule has 2 rings (SSSR count). The average Bonchev–Trinajstić information content (AvgIpc) is 2.61. The molecule has 1 amide bonds. The van der Waals surface area contributed by atoms with Gasteiger partial charge >= 0.3 is 0 Å². The number of nitro groups is 1. The van der Waals surface area contributed by atoms with Crippen molar-refractivity contribution in [1.29, 1.82) is 0 Å². The Hall–Kier alpha value is -1.96. The number of carbonyl (C=O) groups excluding carboxylic acids is 1. The van der Waals surface area contributed by atoms with Gasteiger partial charge in [-0.15, -0.1) is 0 Å². The molecule has 7 nitrogen and oxygen atoms in total. The number of benzene rings is 1. The average molecular weight is 312 g/mol. The van der Waals surface area contributed by atoms with Crippen LogP contribution in [0.4, 0.5) is 5.69 Å². The van der Waals surface area contributed by atoms with Crippen LogP contribution in [0, 0.1) is 10.1 Å². The maximum absolute atomic E-state index is 12.4. The molecule has 0 bridgehead atoms. The minimum absolute atomic E-state index is 0.0286. The predicted octanol–water partition coefficient (Wildman–Crippen LogP) is 1.28. The van der Waals surface area contributed by atoms with Gasteiger partial charge in [0.2, 0.25) is 0 Å². The molecule has 0 saturated carbocycles. The van der Waals surface area contributed by atoms with Crippen LogP contribution in [0.15, 0.2) is 18.2 Å². The van der Waals surface area contributed by atoms with Crippen LogP contribution in [-0.4, -0.2) is 49.1 Å². The second kappa shape index (κ2) is 6.21. The van der Waals surface area contributed by atoms with E-state index in [9.17, 15) is 24.2 Å². The van der Waals surface area contributed by atoms with Crippen LogP contribution < -0.4 is 0 Å². The van der Waals surface area contributed by atoms with Crippen LogP contribution in [0.2, 0.25) is 0 Å². The molecule has 114 valence electrons. The van der Waals surface area contributed by atoms with Crippen LogP contribution in [0.3, 0.4) is 0 Å². The fourth-order valence-corrected chi connectivity index (χ4v) is 3.34. The molecule has 1 aromatic carbocycles. The first kappa shape index (κ1) is 15.4. The van der Waals surface area contributed by atoms with E-state index in [0.717, 1.165) is 6.07 Å². The number of phenols is 1. The van der Waals surface area contributed by atoms with Gasteiger partial charge in [-0.3, -0.25) is 19.1 Å². The Labute approximate surface area is 124 Å². The summed E-state index contributed by atoms with van der Waals surface area (Å²) in [6.45, 7) is 2.70. The molecule has 8 heteroatoms. The van der Waals surface area contributed by atoms with E-state index >= 15 is 0 Å². The largest absolute Gasteiger partial charge is 0.507 e. The number of nitro benzene ring substituents is 1. The number of phenolic OH excluding ortho intramolecular Hbond substituents is 1. The zero-order chi connectivity index (χ0) is 15.6. The van der Waals surface area contributed by atoms with E-state index < -0.39 is 27.4 Å². The van der Waals surface area contributed by atoms with Gasteiger partial charge in [-0.2, -0.15) is 0 Å². The molecular weight excluding hydrogens is 296 g/mol. The zero-order valence-electron chi connectivity index (χ0n) is 11.5. The maximum Gasteiger partial charge on any atom is 0.273 e. The smallest absolute Gasteiger partial charge is 0.273 e. The number of rotatable bonds is 2. The number of nitrogens with zero attached hydrogens (tertiary/aromatic N) is 2. The minimum atomic E-state index is -0.957. The van der Waals surface area contributed by atoms with Crippen molar-refractivity contribution < 1.29 is 19.0 Å². The third kappa shape index (κ3) is 3.38. The summed E-state index contributed by atoms with van der Waals surface area (Å²) in [5.41, 5.74) is -0.240. The first-order valence-electron chi connectivity index (χ1n) is 6.54. The molecule has 0 unspecified atom stereocenters. The molecule has 0 aliphatic carbocycles. The normalized spacial score (nSPS) is 22.6. The maximum atomic E-state index is 12.4. The number of hydrogen-bond acceptors (Lipinski definition) is 5. The lowest BCUT2D eigenvalue weighted by Gasteiger charge is -2.20. The van der Waals surface area contributed by atoms with Gasteiger partial charge < -0.3 is 10.0 Å². The summed E-state index contributed by atoms with van der Waals surface area (Å²) in [5, 5.41) is 20.5. The van der Waals surface area contributed by atoms with E-state index in [2.05, 4.69) is 0 Å². The molecule has 2 atom stereocenters. The lowest BCUT2D eigenvalue weighted by Crippen LogP contribution is -2.33. The first-order chi connectivity index (χ1) is 9.90. The molecular formula is C13H16N2O5S. The van der Waals surface area contributed by atoms with Crippen molar-refractivity contribution in [3.8, 4) is 5.75 Å². The molecule has 0 radical (unpaired) electrons. The van der Waals surface area contributed by atoms with Crippen LogP contribution in [0.25, 0.3) is 0 Å². The summed E-state index contributed by atoms with van der Waals surface area (Å²) in [6.07, 6.45) is 0.631. The van der Waals surface area contributed by atoms with Crippen molar-refractivity contribution in [2.24, 2.45) is 0 Å². The van der Waals surface area contributed by atoms with Gasteiger partial charge in [-0.1, -0.05) is 6.92 Å². The van der Waals surface area contributed by atoms with Gasteiger partial charge in [-0.25, -0.2) is 0 Å². The second-order valence-electron chi connectivity index (χ2n) is 4.93. The summed E-state index contributed by atoms with van der Waals surface area (Å²) in [6, 6.07) is 3.40. The SMILES string of the molecule is C[C@@H]1CCN(C(=O)c2ccc([N+](=O)[O-])cc2O)CC[S@]1=O. The van der Waals surface area contributed by atoms with E-state index in [-0.39, 0.29) is 16.5 Å². The molecule has 1 aromatic rings. The molecule has 1 aliphatic rings. The molecule has 1 fully saturated rings. The van der Waals surface area contributed by atoms with Crippen LogP contribution in [0.1, 0.15) is 23.7 Å². The van der Waals surface area contributed by atoms with Crippen molar-refractivity contribution in [3.63, 3.8) is 0 Å². The predicted molar refractivity (Wildman–Crippen MR) is 77.8 cm³/mol. The molecule has 1 saturated heterocycles. The number of hydrogen-bond donors (Lipinski definition) is 1. The standard InChI is InChI=1S/C13H16N2O5S/c1-9-4-5-14(6-7-21(9)20)13(17)11-3-2-10(15(18)19)8-12(11)16/h2-3,8-9,16H,4-7H2,1H3/t9-,21-/m1/s1. The summed E-state index contributed by atoms with van der Waals surface area (Å²) in [5.74, 6) is -0.401. The molecule has 0 aromatic heterocycles. The van der Waals surface area contributed by atoms with Crippen molar-refractivity contribution in [2.45, 2.75) is 18.6 Å². The van der Waals surface area contributed by atoms with E-state index in [1.807, 2.05) is 6.92 Å². The highest BCUT2D eigenvalue weighted by Gasteiger charge is 2.25. The fourth-order valence-electron chi connectivity index (χ4n) is 2.17. The lowest BCUT2D eigenvalue weighted by atomic mass is 10.1. The molecule has 0 spiro atoms. The highest BCUT2D eigenvalue weighted by Crippen LogP contribution is 2.25. The molecule has 1 heterocycles. The Morgan fingerprint density at radius 2 is 2.19 bits per heavy atom. The Kier molecular flexibility index (Phi) is 4.56.